The van der Waals surface area contributed by atoms with Crippen LogP contribution in [-0.2, 0) is 24.3 Å². The molecule has 0 atom stereocenters. The molecule has 0 aliphatic carbocycles. The monoisotopic (exact) mass is 338 g/mol. The Morgan fingerprint density at radius 2 is 1.96 bits per heavy atom. The molecule has 0 radical (unpaired) electrons. The highest BCUT2D eigenvalue weighted by atomic mass is 16.3. The molecule has 0 aromatic carbocycles. The second-order valence-electron chi connectivity index (χ2n) is 6.82. The topological polar surface area (TPSA) is 89.2 Å². The van der Waals surface area contributed by atoms with Crippen LogP contribution in [0.15, 0.2) is 4.79 Å². The number of carbonyl (C=O) groups excluding carboxylic acids is 1. The zero-order valence-corrected chi connectivity index (χ0v) is 14.9. The lowest BCUT2D eigenvalue weighted by Crippen LogP contribution is -2.44. The van der Waals surface area contributed by atoms with Gasteiger partial charge >= 0.3 is 5.69 Å². The van der Waals surface area contributed by atoms with Crippen molar-refractivity contribution in [1.29, 1.82) is 0 Å². The minimum Gasteiger partial charge on any atom is -0.388 e. The Morgan fingerprint density at radius 3 is 2.62 bits per heavy atom. The van der Waals surface area contributed by atoms with Crippen molar-refractivity contribution in [2.75, 3.05) is 6.54 Å². The Labute approximate surface area is 143 Å². The summed E-state index contributed by atoms with van der Waals surface area (Å²) >= 11 is 0. The lowest BCUT2D eigenvalue weighted by Gasteiger charge is -2.27. The fourth-order valence-electron chi connectivity index (χ4n) is 3.42. The first kappa shape index (κ1) is 18.7. The van der Waals surface area contributed by atoms with E-state index < -0.39 is 5.60 Å². The zero-order chi connectivity index (χ0) is 17.6. The second-order valence-corrected chi connectivity index (χ2v) is 6.82. The molecule has 0 spiro atoms. The number of aliphatic hydroxyl groups is 1. The van der Waals surface area contributed by atoms with Crippen molar-refractivity contribution in [2.45, 2.75) is 83.9 Å². The van der Waals surface area contributed by atoms with Gasteiger partial charge in [0.2, 0.25) is 5.91 Å². The van der Waals surface area contributed by atoms with Gasteiger partial charge < -0.3 is 10.4 Å². The van der Waals surface area contributed by atoms with Gasteiger partial charge in [0.1, 0.15) is 12.4 Å². The van der Waals surface area contributed by atoms with Crippen molar-refractivity contribution >= 4 is 5.91 Å². The van der Waals surface area contributed by atoms with Crippen molar-refractivity contribution in [3.8, 4) is 0 Å². The van der Waals surface area contributed by atoms with Crippen LogP contribution in [0.2, 0.25) is 0 Å². The number of rotatable bonds is 8. The highest BCUT2D eigenvalue weighted by Crippen LogP contribution is 2.18. The Balaban J connectivity index is 1.96. The summed E-state index contributed by atoms with van der Waals surface area (Å²) in [6.45, 7) is 4.84. The van der Waals surface area contributed by atoms with Crippen LogP contribution >= 0.6 is 0 Å². The average Bonchev–Trinajstić information content (AvgIpc) is 2.71. The molecule has 2 rings (SSSR count). The van der Waals surface area contributed by atoms with Crippen LogP contribution < -0.4 is 11.0 Å². The quantitative estimate of drug-likeness (QED) is 0.746. The Hall–Kier alpha value is -1.63. The normalized spacial score (nSPS) is 15.0. The van der Waals surface area contributed by atoms with Gasteiger partial charge in [-0.25, -0.2) is 9.48 Å². The second kappa shape index (κ2) is 8.46. The van der Waals surface area contributed by atoms with E-state index in [-0.39, 0.29) is 24.7 Å². The van der Waals surface area contributed by atoms with E-state index in [1.165, 1.54) is 4.68 Å². The van der Waals surface area contributed by atoms with E-state index in [9.17, 15) is 14.7 Å². The van der Waals surface area contributed by atoms with Crippen LogP contribution in [0, 0.1) is 0 Å². The maximum Gasteiger partial charge on any atom is 0.346 e. The number of hydrogen-bond donors (Lipinski definition) is 2. The minimum atomic E-state index is -0.866. The van der Waals surface area contributed by atoms with Crippen molar-refractivity contribution < 1.29 is 9.90 Å². The molecule has 0 unspecified atom stereocenters. The summed E-state index contributed by atoms with van der Waals surface area (Å²) in [5.41, 5.74) is -1.07. The van der Waals surface area contributed by atoms with Gasteiger partial charge in [0.15, 0.2) is 0 Å². The molecule has 0 bridgehead atoms. The molecular formula is C17H30N4O3. The number of hydrogen-bond acceptors (Lipinski definition) is 4. The van der Waals surface area contributed by atoms with Crippen molar-refractivity contribution in [1.82, 2.24) is 19.7 Å². The average molecular weight is 338 g/mol. The van der Waals surface area contributed by atoms with Gasteiger partial charge in [0, 0.05) is 19.5 Å². The van der Waals surface area contributed by atoms with Crippen molar-refractivity contribution in [3.63, 3.8) is 0 Å². The summed E-state index contributed by atoms with van der Waals surface area (Å²) in [4.78, 5) is 24.5. The highest BCUT2D eigenvalue weighted by molar-refractivity contribution is 5.75. The smallest absolute Gasteiger partial charge is 0.346 e. The first-order valence-electron chi connectivity index (χ1n) is 9.14. The lowest BCUT2D eigenvalue weighted by atomic mass is 9.92. The fraction of sp³-hybridized carbons (Fsp3) is 0.824. The summed E-state index contributed by atoms with van der Waals surface area (Å²) in [7, 11) is 0. The van der Waals surface area contributed by atoms with Gasteiger partial charge in [-0.3, -0.25) is 9.36 Å². The number of nitrogens with one attached hydrogen (secondary N) is 1. The van der Waals surface area contributed by atoms with Crippen LogP contribution in [0.25, 0.3) is 0 Å². The Bertz CT molecular complexity index is 599. The standard InChI is InChI=1S/C17H30N4O3/c1-3-9-17(24,10-4-2)13-18-15(22)12-21-16(23)20-11-7-5-6-8-14(20)19-21/h24H,3-13H2,1-2H3,(H,18,22). The Morgan fingerprint density at radius 1 is 1.25 bits per heavy atom. The number of carbonyl (C=O) groups is 1. The van der Waals surface area contributed by atoms with Crippen molar-refractivity contribution in [2.24, 2.45) is 0 Å². The number of nitrogens with zero attached hydrogens (tertiary/aromatic N) is 3. The van der Waals surface area contributed by atoms with Gasteiger partial charge in [-0.1, -0.05) is 33.1 Å². The molecule has 1 aromatic rings. The molecule has 0 saturated carbocycles. The third-order valence-electron chi connectivity index (χ3n) is 4.62. The van der Waals surface area contributed by atoms with E-state index in [2.05, 4.69) is 10.4 Å². The molecule has 1 aliphatic heterocycles. The van der Waals surface area contributed by atoms with Crippen LogP contribution in [-0.4, -0.2) is 37.5 Å². The van der Waals surface area contributed by atoms with Crippen LogP contribution in [0.5, 0.6) is 0 Å². The van der Waals surface area contributed by atoms with E-state index >= 15 is 0 Å². The predicted octanol–water partition coefficient (Wildman–Crippen LogP) is 1.22. The minimum absolute atomic E-state index is 0.0901. The third-order valence-corrected chi connectivity index (χ3v) is 4.62. The lowest BCUT2D eigenvalue weighted by molar-refractivity contribution is -0.123. The summed E-state index contributed by atoms with van der Waals surface area (Å²) in [6, 6.07) is 0. The SMILES string of the molecule is CCCC(O)(CCC)CNC(=O)Cn1nc2n(c1=O)CCCCC2. The maximum absolute atomic E-state index is 12.3. The number of aryl methyl sites for hydroxylation is 1. The van der Waals surface area contributed by atoms with E-state index in [0.717, 1.165) is 44.3 Å². The first-order valence-corrected chi connectivity index (χ1v) is 9.14. The highest BCUT2D eigenvalue weighted by Gasteiger charge is 2.25. The van der Waals surface area contributed by atoms with Crippen LogP contribution in [0.1, 0.15) is 64.6 Å². The van der Waals surface area contributed by atoms with Crippen LogP contribution in [0.4, 0.5) is 0 Å². The fourth-order valence-corrected chi connectivity index (χ4v) is 3.42. The molecule has 7 nitrogen and oxygen atoms in total. The molecule has 2 N–H and O–H groups in total. The van der Waals surface area contributed by atoms with Gasteiger partial charge in [-0.2, -0.15) is 5.10 Å². The number of aromatic nitrogens is 3. The molecule has 24 heavy (non-hydrogen) atoms. The molecular weight excluding hydrogens is 308 g/mol. The third kappa shape index (κ3) is 4.69. The molecule has 1 aliphatic rings. The molecule has 136 valence electrons. The van der Waals surface area contributed by atoms with Crippen molar-refractivity contribution in [3.05, 3.63) is 16.3 Å². The molecule has 7 heteroatoms. The molecule has 1 amide bonds. The van der Waals surface area contributed by atoms with Gasteiger partial charge in [0.25, 0.3) is 0 Å². The van der Waals surface area contributed by atoms with E-state index in [4.69, 9.17) is 0 Å². The summed E-state index contributed by atoms with van der Waals surface area (Å²) in [5.74, 6) is 0.495. The predicted molar refractivity (Wildman–Crippen MR) is 91.8 cm³/mol. The van der Waals surface area contributed by atoms with E-state index in [1.807, 2.05) is 13.8 Å². The molecule has 2 heterocycles. The molecule has 0 fully saturated rings. The van der Waals surface area contributed by atoms with Crippen LogP contribution in [0.3, 0.4) is 0 Å². The number of amides is 1. The Kier molecular flexibility index (Phi) is 6.60. The summed E-state index contributed by atoms with van der Waals surface area (Å²) < 4.78 is 2.93. The van der Waals surface area contributed by atoms with E-state index in [0.29, 0.717) is 19.4 Å². The van der Waals surface area contributed by atoms with Gasteiger partial charge in [0.05, 0.1) is 5.60 Å². The molecule has 0 saturated heterocycles. The number of fused-ring (bicyclic) bond motifs is 1. The summed E-state index contributed by atoms with van der Waals surface area (Å²) in [6.07, 6.45) is 6.93. The zero-order valence-electron chi connectivity index (χ0n) is 14.9. The molecule has 1 aromatic heterocycles. The van der Waals surface area contributed by atoms with Gasteiger partial charge in [-0.15, -0.1) is 0 Å². The largest absolute Gasteiger partial charge is 0.388 e. The first-order chi connectivity index (χ1) is 11.5. The van der Waals surface area contributed by atoms with E-state index in [1.54, 1.807) is 4.57 Å². The summed E-state index contributed by atoms with van der Waals surface area (Å²) in [5, 5.41) is 17.6. The van der Waals surface area contributed by atoms with Gasteiger partial charge in [-0.05, 0) is 25.7 Å². The maximum atomic E-state index is 12.3.